The van der Waals surface area contributed by atoms with Crippen molar-refractivity contribution in [1.82, 2.24) is 14.5 Å². The van der Waals surface area contributed by atoms with E-state index in [1.54, 1.807) is 18.3 Å². The molecule has 0 fully saturated rings. The number of carboxylic acids is 1. The fraction of sp³-hybridized carbons (Fsp3) is 0.308. The van der Waals surface area contributed by atoms with Gasteiger partial charge in [-0.15, -0.1) is 0 Å². The van der Waals surface area contributed by atoms with Crippen molar-refractivity contribution >= 4 is 5.97 Å². The molecule has 2 heterocycles. The van der Waals surface area contributed by atoms with Crippen molar-refractivity contribution in [3.63, 3.8) is 0 Å². The number of aromatic nitrogens is 3. The Morgan fingerprint density at radius 3 is 2.94 bits per heavy atom. The van der Waals surface area contributed by atoms with Crippen LogP contribution in [0, 0.1) is 0 Å². The molecule has 0 spiro atoms. The molecule has 0 aromatic carbocycles. The van der Waals surface area contributed by atoms with Crippen LogP contribution in [0.5, 0.6) is 0 Å². The summed E-state index contributed by atoms with van der Waals surface area (Å²) < 4.78 is 2.04. The number of aryl methyl sites for hydroxylation is 1. The highest BCUT2D eigenvalue weighted by atomic mass is 16.4. The molecule has 0 radical (unpaired) electrons. The Morgan fingerprint density at radius 2 is 2.22 bits per heavy atom. The van der Waals surface area contributed by atoms with E-state index in [0.717, 1.165) is 18.8 Å². The number of pyridine rings is 1. The van der Waals surface area contributed by atoms with Gasteiger partial charge in [0.15, 0.2) is 5.69 Å². The van der Waals surface area contributed by atoms with Gasteiger partial charge >= 0.3 is 5.97 Å². The van der Waals surface area contributed by atoms with E-state index in [-0.39, 0.29) is 5.69 Å². The van der Waals surface area contributed by atoms with Gasteiger partial charge < -0.3 is 9.67 Å². The Labute approximate surface area is 105 Å². The monoisotopic (exact) mass is 245 g/mol. The highest BCUT2D eigenvalue weighted by Gasteiger charge is 2.13. The Morgan fingerprint density at radius 1 is 1.39 bits per heavy atom. The van der Waals surface area contributed by atoms with Crippen molar-refractivity contribution in [3.8, 4) is 0 Å². The molecule has 18 heavy (non-hydrogen) atoms. The van der Waals surface area contributed by atoms with E-state index >= 15 is 0 Å². The van der Waals surface area contributed by atoms with E-state index < -0.39 is 5.97 Å². The number of hydrogen-bond donors (Lipinski definition) is 1. The average Bonchev–Trinajstić information content (AvgIpc) is 2.78. The molecule has 5 heteroatoms. The summed E-state index contributed by atoms with van der Waals surface area (Å²) in [5.41, 5.74) is 0.789. The SMILES string of the molecule is CCCn1ccnc1Cc1cccnc1C(=O)O. The predicted molar refractivity (Wildman–Crippen MR) is 66.5 cm³/mol. The summed E-state index contributed by atoms with van der Waals surface area (Å²) >= 11 is 0. The van der Waals surface area contributed by atoms with Gasteiger partial charge in [-0.25, -0.2) is 14.8 Å². The number of carbonyl (C=O) groups is 1. The lowest BCUT2D eigenvalue weighted by Gasteiger charge is -2.07. The second-order valence-corrected chi connectivity index (χ2v) is 4.03. The molecule has 0 saturated heterocycles. The van der Waals surface area contributed by atoms with Gasteiger partial charge in [-0.3, -0.25) is 0 Å². The highest BCUT2D eigenvalue weighted by Crippen LogP contribution is 2.12. The molecule has 0 aliphatic rings. The van der Waals surface area contributed by atoms with Gasteiger partial charge in [0.25, 0.3) is 0 Å². The number of hydrogen-bond acceptors (Lipinski definition) is 3. The van der Waals surface area contributed by atoms with Crippen molar-refractivity contribution in [1.29, 1.82) is 0 Å². The van der Waals surface area contributed by atoms with Crippen LogP contribution in [-0.2, 0) is 13.0 Å². The number of aromatic carboxylic acids is 1. The van der Waals surface area contributed by atoms with Crippen LogP contribution >= 0.6 is 0 Å². The molecule has 94 valence electrons. The summed E-state index contributed by atoms with van der Waals surface area (Å²) in [7, 11) is 0. The Hall–Kier alpha value is -2.17. The Kier molecular flexibility index (Phi) is 3.72. The maximum Gasteiger partial charge on any atom is 0.354 e. The first-order chi connectivity index (χ1) is 8.72. The topological polar surface area (TPSA) is 68.0 Å². The molecule has 0 bridgehead atoms. The zero-order valence-electron chi connectivity index (χ0n) is 10.2. The third-order valence-corrected chi connectivity index (χ3v) is 2.71. The number of carboxylic acid groups (broad SMARTS) is 1. The van der Waals surface area contributed by atoms with Crippen LogP contribution in [0.25, 0.3) is 0 Å². The van der Waals surface area contributed by atoms with Gasteiger partial charge in [0.2, 0.25) is 0 Å². The molecule has 0 unspecified atom stereocenters. The zero-order chi connectivity index (χ0) is 13.0. The summed E-state index contributed by atoms with van der Waals surface area (Å²) in [5, 5.41) is 9.08. The van der Waals surface area contributed by atoms with Crippen LogP contribution in [0.2, 0.25) is 0 Å². The minimum absolute atomic E-state index is 0.101. The lowest BCUT2D eigenvalue weighted by atomic mass is 10.1. The van der Waals surface area contributed by atoms with Gasteiger partial charge in [0.1, 0.15) is 5.82 Å². The zero-order valence-corrected chi connectivity index (χ0v) is 10.2. The van der Waals surface area contributed by atoms with Crippen molar-refractivity contribution in [3.05, 3.63) is 47.8 Å². The summed E-state index contributed by atoms with van der Waals surface area (Å²) in [5.74, 6) is -0.133. The third kappa shape index (κ3) is 2.56. The molecular formula is C13H15N3O2. The number of imidazole rings is 1. The predicted octanol–water partition coefficient (Wildman–Crippen LogP) is 1.98. The molecule has 5 nitrogen and oxygen atoms in total. The van der Waals surface area contributed by atoms with Crippen LogP contribution in [0.4, 0.5) is 0 Å². The van der Waals surface area contributed by atoms with Gasteiger partial charge in [-0.2, -0.15) is 0 Å². The van der Waals surface area contributed by atoms with Crippen LogP contribution < -0.4 is 0 Å². The summed E-state index contributed by atoms with van der Waals surface area (Å²) in [6.45, 7) is 2.98. The molecule has 2 aromatic rings. The average molecular weight is 245 g/mol. The van der Waals surface area contributed by atoms with Crippen LogP contribution in [-0.4, -0.2) is 25.6 Å². The smallest absolute Gasteiger partial charge is 0.354 e. The van der Waals surface area contributed by atoms with Crippen molar-refractivity contribution in [2.75, 3.05) is 0 Å². The molecule has 1 N–H and O–H groups in total. The van der Waals surface area contributed by atoms with Crippen molar-refractivity contribution in [2.45, 2.75) is 26.3 Å². The summed E-state index contributed by atoms with van der Waals surface area (Å²) in [6, 6.07) is 3.52. The molecule has 0 aliphatic carbocycles. The molecule has 2 aromatic heterocycles. The van der Waals surface area contributed by atoms with E-state index in [0.29, 0.717) is 12.0 Å². The van der Waals surface area contributed by atoms with E-state index in [4.69, 9.17) is 5.11 Å². The number of rotatable bonds is 5. The Bertz CT molecular complexity index is 549. The van der Waals surface area contributed by atoms with Gasteiger partial charge in [0.05, 0.1) is 0 Å². The Balaban J connectivity index is 2.28. The number of nitrogens with zero attached hydrogens (tertiary/aromatic N) is 3. The largest absolute Gasteiger partial charge is 0.477 e. The van der Waals surface area contributed by atoms with E-state index in [1.807, 2.05) is 10.8 Å². The van der Waals surface area contributed by atoms with E-state index in [1.165, 1.54) is 6.20 Å². The summed E-state index contributed by atoms with van der Waals surface area (Å²) in [6.07, 6.45) is 6.65. The second-order valence-electron chi connectivity index (χ2n) is 4.03. The lowest BCUT2D eigenvalue weighted by molar-refractivity contribution is 0.0689. The lowest BCUT2D eigenvalue weighted by Crippen LogP contribution is -2.09. The maximum atomic E-state index is 11.1. The first-order valence-corrected chi connectivity index (χ1v) is 5.89. The molecule has 0 aliphatic heterocycles. The van der Waals surface area contributed by atoms with Crippen LogP contribution in [0.1, 0.15) is 35.2 Å². The van der Waals surface area contributed by atoms with Crippen LogP contribution in [0.3, 0.4) is 0 Å². The molecule has 0 saturated carbocycles. The first kappa shape index (κ1) is 12.3. The fourth-order valence-electron chi connectivity index (χ4n) is 1.90. The minimum Gasteiger partial charge on any atom is -0.477 e. The molecule has 0 atom stereocenters. The van der Waals surface area contributed by atoms with Gasteiger partial charge in [-0.05, 0) is 18.1 Å². The van der Waals surface area contributed by atoms with Gasteiger partial charge in [-0.1, -0.05) is 13.0 Å². The highest BCUT2D eigenvalue weighted by molar-refractivity contribution is 5.87. The normalized spacial score (nSPS) is 10.5. The summed E-state index contributed by atoms with van der Waals surface area (Å²) in [4.78, 5) is 19.2. The standard InChI is InChI=1S/C13H15N3O2/c1-2-7-16-8-6-14-11(16)9-10-4-3-5-15-12(10)13(17)18/h3-6,8H,2,7,9H2,1H3,(H,17,18). The quantitative estimate of drug-likeness (QED) is 0.874. The van der Waals surface area contributed by atoms with Crippen LogP contribution in [0.15, 0.2) is 30.7 Å². The van der Waals surface area contributed by atoms with E-state index in [9.17, 15) is 4.79 Å². The van der Waals surface area contributed by atoms with Crippen molar-refractivity contribution in [2.24, 2.45) is 0 Å². The maximum absolute atomic E-state index is 11.1. The van der Waals surface area contributed by atoms with E-state index in [2.05, 4.69) is 16.9 Å². The first-order valence-electron chi connectivity index (χ1n) is 5.89. The second kappa shape index (κ2) is 5.44. The van der Waals surface area contributed by atoms with Crippen molar-refractivity contribution < 1.29 is 9.90 Å². The fourth-order valence-corrected chi connectivity index (χ4v) is 1.90. The minimum atomic E-state index is -1.00. The molecule has 0 amide bonds. The molecule has 2 rings (SSSR count). The molecular weight excluding hydrogens is 230 g/mol. The van der Waals surface area contributed by atoms with Gasteiger partial charge in [0, 0.05) is 31.6 Å². The third-order valence-electron chi connectivity index (χ3n) is 2.71.